The van der Waals surface area contributed by atoms with Gasteiger partial charge in [-0.3, -0.25) is 4.79 Å². The average molecular weight is 378 g/mol. The highest BCUT2D eigenvalue weighted by atomic mass is 35.5. The van der Waals surface area contributed by atoms with Crippen LogP contribution in [0, 0.1) is 0 Å². The van der Waals surface area contributed by atoms with E-state index in [9.17, 15) is 18.0 Å². The van der Waals surface area contributed by atoms with Crippen LogP contribution in [-0.2, 0) is 11.3 Å². The van der Waals surface area contributed by atoms with Crippen LogP contribution >= 0.6 is 23.2 Å². The summed E-state index contributed by atoms with van der Waals surface area (Å²) < 4.78 is 40.5. The van der Waals surface area contributed by atoms with Gasteiger partial charge in [0.2, 0.25) is 0 Å². The Labute approximate surface area is 146 Å². The minimum Gasteiger partial charge on any atom is -0.367 e. The first-order valence-corrected chi connectivity index (χ1v) is 7.50. The molecule has 2 aromatic rings. The lowest BCUT2D eigenvalue weighted by Crippen LogP contribution is -2.16. The molecule has 0 aliphatic rings. The number of ether oxygens (including phenoxy) is 1. The van der Waals surface area contributed by atoms with Crippen molar-refractivity contribution in [1.29, 1.82) is 0 Å². The molecule has 1 amide bonds. The number of hydrogen-bond acceptors (Lipinski definition) is 2. The van der Waals surface area contributed by atoms with E-state index < -0.39 is 18.7 Å². The molecule has 1 N–H and O–H groups in total. The molecule has 2 aromatic carbocycles. The zero-order valence-electron chi connectivity index (χ0n) is 12.2. The fourth-order valence-electron chi connectivity index (χ4n) is 1.83. The number of benzene rings is 2. The summed E-state index contributed by atoms with van der Waals surface area (Å²) in [6, 6.07) is 10.8. The van der Waals surface area contributed by atoms with Gasteiger partial charge in [0, 0.05) is 5.56 Å². The number of amides is 1. The minimum absolute atomic E-state index is 0.193. The van der Waals surface area contributed by atoms with Crippen LogP contribution in [0.2, 0.25) is 10.0 Å². The number of halogens is 5. The molecule has 0 atom stereocenters. The van der Waals surface area contributed by atoms with Gasteiger partial charge in [-0.05, 0) is 29.8 Å². The standard InChI is InChI=1S/C16H12Cl2F3NO2/c17-12-2-1-3-13(14(12)18)22-15(23)11-6-4-10(5-7-11)8-24-9-16(19,20)21/h1-7H,8-9H2,(H,22,23). The van der Waals surface area contributed by atoms with Gasteiger partial charge in [0.1, 0.15) is 6.61 Å². The summed E-state index contributed by atoms with van der Waals surface area (Å²) >= 11 is 11.9. The third-order valence-corrected chi connectivity index (χ3v) is 3.77. The van der Waals surface area contributed by atoms with Crippen molar-refractivity contribution < 1.29 is 22.7 Å². The SMILES string of the molecule is O=C(Nc1cccc(Cl)c1Cl)c1ccc(COCC(F)(F)F)cc1. The maximum atomic E-state index is 12.1. The third-order valence-electron chi connectivity index (χ3n) is 2.95. The fraction of sp³-hybridized carbons (Fsp3) is 0.188. The normalized spacial score (nSPS) is 11.4. The van der Waals surface area contributed by atoms with Crippen molar-refractivity contribution >= 4 is 34.8 Å². The molecule has 24 heavy (non-hydrogen) atoms. The fourth-order valence-corrected chi connectivity index (χ4v) is 2.18. The lowest BCUT2D eigenvalue weighted by molar-refractivity contribution is -0.176. The van der Waals surface area contributed by atoms with Crippen molar-refractivity contribution in [3.05, 3.63) is 63.6 Å². The zero-order chi connectivity index (χ0) is 17.7. The Morgan fingerprint density at radius 2 is 1.75 bits per heavy atom. The average Bonchev–Trinajstić information content (AvgIpc) is 2.51. The highest BCUT2D eigenvalue weighted by molar-refractivity contribution is 6.44. The Morgan fingerprint density at radius 1 is 1.08 bits per heavy atom. The molecular weight excluding hydrogens is 366 g/mol. The molecule has 0 aromatic heterocycles. The molecule has 0 radical (unpaired) electrons. The Hall–Kier alpha value is -1.76. The molecule has 0 bridgehead atoms. The van der Waals surface area contributed by atoms with Gasteiger partial charge in [-0.15, -0.1) is 0 Å². The largest absolute Gasteiger partial charge is 0.411 e. The predicted octanol–water partition coefficient (Wildman–Crippen LogP) is 5.32. The van der Waals surface area contributed by atoms with E-state index >= 15 is 0 Å². The van der Waals surface area contributed by atoms with E-state index in [1.54, 1.807) is 18.2 Å². The molecule has 128 valence electrons. The van der Waals surface area contributed by atoms with E-state index in [0.717, 1.165) is 0 Å². The van der Waals surface area contributed by atoms with Gasteiger partial charge in [-0.2, -0.15) is 13.2 Å². The van der Waals surface area contributed by atoms with E-state index in [1.165, 1.54) is 24.3 Å². The molecular formula is C16H12Cl2F3NO2. The van der Waals surface area contributed by atoms with Crippen molar-refractivity contribution in [2.24, 2.45) is 0 Å². The van der Waals surface area contributed by atoms with Crippen molar-refractivity contribution in [1.82, 2.24) is 0 Å². The molecule has 0 unspecified atom stereocenters. The lowest BCUT2D eigenvalue weighted by atomic mass is 10.1. The number of carbonyl (C=O) groups excluding carboxylic acids is 1. The van der Waals surface area contributed by atoms with E-state index in [1.807, 2.05) is 0 Å². The summed E-state index contributed by atoms with van der Waals surface area (Å²) in [6.07, 6.45) is -4.37. The number of nitrogens with one attached hydrogen (secondary N) is 1. The molecule has 0 saturated carbocycles. The van der Waals surface area contributed by atoms with Crippen molar-refractivity contribution in [2.45, 2.75) is 12.8 Å². The first kappa shape index (κ1) is 18.6. The van der Waals surface area contributed by atoms with Crippen LogP contribution in [0.3, 0.4) is 0 Å². The van der Waals surface area contributed by atoms with Crippen LogP contribution in [0.25, 0.3) is 0 Å². The maximum absolute atomic E-state index is 12.1. The first-order valence-electron chi connectivity index (χ1n) is 6.75. The van der Waals surface area contributed by atoms with Gasteiger partial charge in [0.15, 0.2) is 0 Å². The summed E-state index contributed by atoms with van der Waals surface area (Å²) in [5.74, 6) is -0.415. The van der Waals surface area contributed by atoms with Crippen LogP contribution in [-0.4, -0.2) is 18.7 Å². The van der Waals surface area contributed by atoms with Gasteiger partial charge in [0.05, 0.1) is 22.3 Å². The molecule has 0 heterocycles. The second kappa shape index (κ2) is 7.88. The molecule has 2 rings (SSSR count). The summed E-state index contributed by atoms with van der Waals surface area (Å²) in [6.45, 7) is -1.51. The number of alkyl halides is 3. The van der Waals surface area contributed by atoms with Crippen LogP contribution in [0.4, 0.5) is 18.9 Å². The highest BCUT2D eigenvalue weighted by Gasteiger charge is 2.27. The van der Waals surface area contributed by atoms with E-state index in [-0.39, 0.29) is 11.6 Å². The van der Waals surface area contributed by atoms with Gasteiger partial charge in [-0.25, -0.2) is 0 Å². The van der Waals surface area contributed by atoms with E-state index in [4.69, 9.17) is 23.2 Å². The molecule has 0 aliphatic carbocycles. The minimum atomic E-state index is -4.37. The summed E-state index contributed by atoms with van der Waals surface area (Å²) in [7, 11) is 0. The molecule has 8 heteroatoms. The predicted molar refractivity (Wildman–Crippen MR) is 86.6 cm³/mol. The Morgan fingerprint density at radius 3 is 2.38 bits per heavy atom. The maximum Gasteiger partial charge on any atom is 0.411 e. The Balaban J connectivity index is 1.97. The monoisotopic (exact) mass is 377 g/mol. The van der Waals surface area contributed by atoms with E-state index in [2.05, 4.69) is 10.1 Å². The van der Waals surface area contributed by atoms with Crippen molar-refractivity contribution in [3.63, 3.8) is 0 Å². The lowest BCUT2D eigenvalue weighted by Gasteiger charge is -2.09. The molecule has 0 aliphatic heterocycles. The Kier molecular flexibility index (Phi) is 6.10. The summed E-state index contributed by atoms with van der Waals surface area (Å²) in [4.78, 5) is 12.1. The highest BCUT2D eigenvalue weighted by Crippen LogP contribution is 2.29. The van der Waals surface area contributed by atoms with Gasteiger partial charge in [0.25, 0.3) is 5.91 Å². The van der Waals surface area contributed by atoms with Crippen molar-refractivity contribution in [3.8, 4) is 0 Å². The quantitative estimate of drug-likeness (QED) is 0.764. The molecule has 0 spiro atoms. The topological polar surface area (TPSA) is 38.3 Å². The van der Waals surface area contributed by atoms with Crippen molar-refractivity contribution in [2.75, 3.05) is 11.9 Å². The van der Waals surface area contributed by atoms with E-state index in [0.29, 0.717) is 21.8 Å². The second-order valence-corrected chi connectivity index (χ2v) is 5.65. The Bertz CT molecular complexity index is 718. The van der Waals surface area contributed by atoms with Gasteiger partial charge >= 0.3 is 6.18 Å². The van der Waals surface area contributed by atoms with Crippen LogP contribution in [0.5, 0.6) is 0 Å². The first-order chi connectivity index (χ1) is 11.3. The van der Waals surface area contributed by atoms with Crippen LogP contribution in [0.15, 0.2) is 42.5 Å². The summed E-state index contributed by atoms with van der Waals surface area (Å²) in [5, 5.41) is 3.15. The number of hydrogen-bond donors (Lipinski definition) is 1. The van der Waals surface area contributed by atoms with Crippen LogP contribution < -0.4 is 5.32 Å². The summed E-state index contributed by atoms with van der Waals surface area (Å²) in [5.41, 5.74) is 1.22. The molecule has 3 nitrogen and oxygen atoms in total. The zero-order valence-corrected chi connectivity index (χ0v) is 13.7. The number of carbonyl (C=O) groups is 1. The van der Waals surface area contributed by atoms with Gasteiger partial charge in [-0.1, -0.05) is 41.4 Å². The number of anilines is 1. The smallest absolute Gasteiger partial charge is 0.367 e. The molecule has 0 saturated heterocycles. The van der Waals surface area contributed by atoms with Gasteiger partial charge < -0.3 is 10.1 Å². The number of rotatable bonds is 5. The molecule has 0 fully saturated rings. The van der Waals surface area contributed by atoms with Crippen LogP contribution in [0.1, 0.15) is 15.9 Å². The third kappa shape index (κ3) is 5.40. The second-order valence-electron chi connectivity index (χ2n) is 4.86.